The van der Waals surface area contributed by atoms with Gasteiger partial charge in [-0.1, -0.05) is 52.0 Å². The molecule has 2 unspecified atom stereocenters. The number of ether oxygens (including phenoxy) is 2. The lowest BCUT2D eigenvalue weighted by molar-refractivity contribution is -0.141. The Morgan fingerprint density at radius 3 is 2.54 bits per heavy atom. The van der Waals surface area contributed by atoms with Gasteiger partial charge >= 0.3 is 5.97 Å². The first kappa shape index (κ1) is 28.6. The van der Waals surface area contributed by atoms with Crippen molar-refractivity contribution >= 4 is 5.97 Å². The minimum Gasteiger partial charge on any atom is -0.485 e. The first-order valence-corrected chi connectivity index (χ1v) is 13.8. The number of halogens is 1. The van der Waals surface area contributed by atoms with Crippen LogP contribution in [0.5, 0.6) is 11.6 Å². The second-order valence-electron chi connectivity index (χ2n) is 10.4. The van der Waals surface area contributed by atoms with Crippen LogP contribution in [0, 0.1) is 11.7 Å². The molecule has 1 aliphatic rings. The van der Waals surface area contributed by atoms with E-state index in [4.69, 9.17) is 9.47 Å². The Bertz CT molecular complexity index is 1320. The molecule has 7 heteroatoms. The second kappa shape index (κ2) is 12.2. The quantitative estimate of drug-likeness (QED) is 0.297. The molecule has 4 rings (SSSR count). The number of pyridine rings is 1. The van der Waals surface area contributed by atoms with Crippen LogP contribution in [0.3, 0.4) is 0 Å². The predicted octanol–water partition coefficient (Wildman–Crippen LogP) is 7.19. The average Bonchev–Trinajstić information content (AvgIpc) is 2.96. The SMILES string of the molecule is CCN(CC)C(C)c1cc(C2CCc3ccc([C@H](C)[C@H](C)C(=O)O)cc3O2)ccc1-c1cc(OC)ncc1F. The molecule has 2 aromatic carbocycles. The molecule has 0 spiro atoms. The maximum absolute atomic E-state index is 15.0. The Hall–Kier alpha value is -3.45. The van der Waals surface area contributed by atoms with Gasteiger partial charge in [0.25, 0.3) is 0 Å². The van der Waals surface area contributed by atoms with Gasteiger partial charge in [0.15, 0.2) is 0 Å². The number of aryl methyl sites for hydroxylation is 1. The van der Waals surface area contributed by atoms with Gasteiger partial charge in [-0.15, -0.1) is 0 Å². The van der Waals surface area contributed by atoms with Crippen LogP contribution >= 0.6 is 0 Å². The Morgan fingerprint density at radius 1 is 1.13 bits per heavy atom. The average molecular weight is 535 g/mol. The molecule has 6 nitrogen and oxygen atoms in total. The zero-order valence-corrected chi connectivity index (χ0v) is 23.7. The highest BCUT2D eigenvalue weighted by molar-refractivity contribution is 5.71. The highest BCUT2D eigenvalue weighted by Crippen LogP contribution is 2.41. The minimum atomic E-state index is -0.808. The van der Waals surface area contributed by atoms with Crippen LogP contribution in [-0.4, -0.2) is 41.2 Å². The lowest BCUT2D eigenvalue weighted by atomic mass is 9.86. The monoisotopic (exact) mass is 534 g/mol. The zero-order chi connectivity index (χ0) is 28.3. The summed E-state index contributed by atoms with van der Waals surface area (Å²) < 4.78 is 26.9. The summed E-state index contributed by atoms with van der Waals surface area (Å²) >= 11 is 0. The van der Waals surface area contributed by atoms with E-state index in [1.807, 2.05) is 31.2 Å². The molecule has 0 radical (unpaired) electrons. The third-order valence-electron chi connectivity index (χ3n) is 8.29. The molecule has 1 aliphatic heterocycles. The van der Waals surface area contributed by atoms with Gasteiger partial charge in [-0.25, -0.2) is 9.37 Å². The summed E-state index contributed by atoms with van der Waals surface area (Å²) in [4.78, 5) is 17.9. The van der Waals surface area contributed by atoms with E-state index < -0.39 is 17.7 Å². The number of rotatable bonds is 10. The van der Waals surface area contributed by atoms with Crippen LogP contribution in [0.25, 0.3) is 11.1 Å². The smallest absolute Gasteiger partial charge is 0.306 e. The van der Waals surface area contributed by atoms with Crippen LogP contribution in [0.4, 0.5) is 4.39 Å². The predicted molar refractivity (Wildman–Crippen MR) is 151 cm³/mol. The van der Waals surface area contributed by atoms with Gasteiger partial charge in [-0.05, 0) is 78.7 Å². The van der Waals surface area contributed by atoms with Crippen molar-refractivity contribution in [3.8, 4) is 22.8 Å². The summed E-state index contributed by atoms with van der Waals surface area (Å²) in [6.45, 7) is 11.8. The fourth-order valence-electron chi connectivity index (χ4n) is 5.48. The van der Waals surface area contributed by atoms with E-state index in [0.717, 1.165) is 59.5 Å². The number of carboxylic acid groups (broad SMARTS) is 1. The maximum atomic E-state index is 15.0. The first-order valence-electron chi connectivity index (χ1n) is 13.8. The molecule has 0 aliphatic carbocycles. The Balaban J connectivity index is 1.72. The lowest BCUT2D eigenvalue weighted by Crippen LogP contribution is -2.27. The van der Waals surface area contributed by atoms with Crippen LogP contribution in [-0.2, 0) is 11.2 Å². The van der Waals surface area contributed by atoms with E-state index in [2.05, 4.69) is 42.8 Å². The fourth-order valence-corrected chi connectivity index (χ4v) is 5.48. The van der Waals surface area contributed by atoms with Gasteiger partial charge in [-0.3, -0.25) is 9.69 Å². The van der Waals surface area contributed by atoms with Crippen LogP contribution < -0.4 is 9.47 Å². The second-order valence-corrected chi connectivity index (χ2v) is 10.4. The van der Waals surface area contributed by atoms with Crippen molar-refractivity contribution in [2.75, 3.05) is 20.2 Å². The van der Waals surface area contributed by atoms with Crippen molar-refractivity contribution in [2.24, 2.45) is 5.92 Å². The van der Waals surface area contributed by atoms with Crippen LogP contribution in [0.2, 0.25) is 0 Å². The molecule has 3 aromatic rings. The largest absolute Gasteiger partial charge is 0.485 e. The van der Waals surface area contributed by atoms with E-state index >= 15 is 4.39 Å². The van der Waals surface area contributed by atoms with E-state index in [1.54, 1.807) is 13.0 Å². The van der Waals surface area contributed by atoms with E-state index in [0.29, 0.717) is 11.4 Å². The summed E-state index contributed by atoms with van der Waals surface area (Å²) in [5, 5.41) is 9.47. The number of benzene rings is 2. The van der Waals surface area contributed by atoms with E-state index in [1.165, 1.54) is 13.3 Å². The van der Waals surface area contributed by atoms with Crippen LogP contribution in [0.15, 0.2) is 48.7 Å². The molecule has 0 saturated carbocycles. The molecule has 4 atom stereocenters. The Labute approximate surface area is 230 Å². The topological polar surface area (TPSA) is 71.9 Å². The molecule has 1 N–H and O–H groups in total. The van der Waals surface area contributed by atoms with Gasteiger partial charge in [-0.2, -0.15) is 0 Å². The van der Waals surface area contributed by atoms with Crippen molar-refractivity contribution in [3.63, 3.8) is 0 Å². The molecular formula is C32H39FN2O4. The van der Waals surface area contributed by atoms with E-state index in [-0.39, 0.29) is 18.1 Å². The number of aliphatic carboxylic acids is 1. The van der Waals surface area contributed by atoms with Gasteiger partial charge < -0.3 is 14.6 Å². The number of hydrogen-bond donors (Lipinski definition) is 1. The van der Waals surface area contributed by atoms with Gasteiger partial charge in [0.2, 0.25) is 5.88 Å². The van der Waals surface area contributed by atoms with Crippen molar-refractivity contribution in [3.05, 3.63) is 76.7 Å². The maximum Gasteiger partial charge on any atom is 0.306 e. The lowest BCUT2D eigenvalue weighted by Gasteiger charge is -2.31. The molecule has 0 amide bonds. The van der Waals surface area contributed by atoms with Gasteiger partial charge in [0.05, 0.1) is 19.2 Å². The first-order chi connectivity index (χ1) is 18.7. The third-order valence-corrected chi connectivity index (χ3v) is 8.29. The number of hydrogen-bond acceptors (Lipinski definition) is 5. The van der Waals surface area contributed by atoms with Gasteiger partial charge in [0.1, 0.15) is 17.7 Å². The normalized spacial score (nSPS) is 17.2. The number of aromatic nitrogens is 1. The summed E-state index contributed by atoms with van der Waals surface area (Å²) in [6, 6.07) is 13.9. The Kier molecular flexibility index (Phi) is 8.90. The molecule has 2 heterocycles. The zero-order valence-electron chi connectivity index (χ0n) is 23.7. The summed E-state index contributed by atoms with van der Waals surface area (Å²) in [7, 11) is 1.53. The molecule has 0 saturated heterocycles. The standard InChI is InChI=1S/C32H39FN2O4/c1-7-35(8-2)21(5)26-15-24(11-13-25(26)27-17-31(38-6)34-18-28(27)33)29-14-12-22-9-10-23(16-30(22)39-29)19(3)20(4)32(36)37/h9-11,13,15-21,29H,7-8,12,14H2,1-6H3,(H,36,37)/t19-,20+,21?,29?/m1/s1. The highest BCUT2D eigenvalue weighted by atomic mass is 19.1. The highest BCUT2D eigenvalue weighted by Gasteiger charge is 2.27. The number of fused-ring (bicyclic) bond motifs is 1. The third kappa shape index (κ3) is 5.93. The van der Waals surface area contributed by atoms with Crippen molar-refractivity contribution in [2.45, 2.75) is 65.5 Å². The van der Waals surface area contributed by atoms with Crippen molar-refractivity contribution in [1.82, 2.24) is 9.88 Å². The number of methoxy groups -OCH3 is 1. The number of carboxylic acids is 1. The Morgan fingerprint density at radius 2 is 1.87 bits per heavy atom. The minimum absolute atomic E-state index is 0.0503. The summed E-state index contributed by atoms with van der Waals surface area (Å²) in [5.41, 5.74) is 5.42. The van der Waals surface area contributed by atoms with Crippen molar-refractivity contribution in [1.29, 1.82) is 0 Å². The molecule has 1 aromatic heterocycles. The summed E-state index contributed by atoms with van der Waals surface area (Å²) in [5.74, 6) is -0.656. The number of carbonyl (C=O) groups is 1. The van der Waals surface area contributed by atoms with Gasteiger partial charge in [0, 0.05) is 17.7 Å². The summed E-state index contributed by atoms with van der Waals surface area (Å²) in [6.07, 6.45) is 2.73. The fraction of sp³-hybridized carbons (Fsp3) is 0.438. The molecule has 0 fully saturated rings. The van der Waals surface area contributed by atoms with Crippen molar-refractivity contribution < 1.29 is 23.8 Å². The van der Waals surface area contributed by atoms with E-state index in [9.17, 15) is 9.90 Å². The number of nitrogens with zero attached hydrogens (tertiary/aromatic N) is 2. The molecule has 39 heavy (non-hydrogen) atoms. The van der Waals surface area contributed by atoms with Crippen LogP contribution in [0.1, 0.15) is 81.4 Å². The molecule has 0 bridgehead atoms. The molecule has 208 valence electrons. The molecular weight excluding hydrogens is 495 g/mol.